The van der Waals surface area contributed by atoms with E-state index in [9.17, 15) is 13.2 Å². The molecule has 0 amide bonds. The summed E-state index contributed by atoms with van der Waals surface area (Å²) in [5.74, 6) is 0.660. The Bertz CT molecular complexity index is 651. The van der Waals surface area contributed by atoms with Gasteiger partial charge in [-0.15, -0.1) is 0 Å². The molecule has 0 aliphatic heterocycles. The molecule has 2 rings (SSSR count). The highest BCUT2D eigenvalue weighted by Gasteiger charge is 2.34. The number of hydrogen-bond acceptors (Lipinski definition) is 2. The highest BCUT2D eigenvalue weighted by molar-refractivity contribution is 6.67. The first-order valence-corrected chi connectivity index (χ1v) is 6.34. The van der Waals surface area contributed by atoms with Crippen LogP contribution in [0.15, 0.2) is 53.5 Å². The van der Waals surface area contributed by atoms with E-state index in [1.165, 1.54) is 13.2 Å². The monoisotopic (exact) mass is 313 g/mol. The number of ether oxygens (including phenoxy) is 1. The SMILES string of the molecule is COc1ccc(-c2ccccc2N=C(Cl)C(F)(F)F)cc1. The predicted molar refractivity (Wildman–Crippen MR) is 77.4 cm³/mol. The van der Waals surface area contributed by atoms with Gasteiger partial charge in [0.15, 0.2) is 0 Å². The molecule has 0 aromatic heterocycles. The summed E-state index contributed by atoms with van der Waals surface area (Å²) in [6.45, 7) is 0. The molecule has 0 saturated carbocycles. The number of methoxy groups -OCH3 is 1. The van der Waals surface area contributed by atoms with Gasteiger partial charge in [-0.3, -0.25) is 0 Å². The van der Waals surface area contributed by atoms with Crippen LogP contribution in [0.5, 0.6) is 5.75 Å². The Morgan fingerprint density at radius 2 is 1.67 bits per heavy atom. The van der Waals surface area contributed by atoms with E-state index in [1.807, 2.05) is 0 Å². The number of benzene rings is 2. The maximum atomic E-state index is 12.5. The highest BCUT2D eigenvalue weighted by atomic mass is 35.5. The molecule has 0 fully saturated rings. The Morgan fingerprint density at radius 1 is 1.05 bits per heavy atom. The molecular formula is C15H11ClF3NO. The average molecular weight is 314 g/mol. The maximum absolute atomic E-state index is 12.5. The van der Waals surface area contributed by atoms with Crippen molar-refractivity contribution in [3.8, 4) is 16.9 Å². The maximum Gasteiger partial charge on any atom is 0.444 e. The summed E-state index contributed by atoms with van der Waals surface area (Å²) in [6.07, 6.45) is -4.66. The fourth-order valence-corrected chi connectivity index (χ4v) is 1.85. The van der Waals surface area contributed by atoms with Crippen LogP contribution in [-0.4, -0.2) is 18.5 Å². The second-order valence-electron chi connectivity index (χ2n) is 4.15. The molecule has 0 heterocycles. The molecule has 0 aliphatic carbocycles. The first-order chi connectivity index (χ1) is 9.91. The van der Waals surface area contributed by atoms with Gasteiger partial charge in [0.05, 0.1) is 12.8 Å². The predicted octanol–water partition coefficient (Wildman–Crippen LogP) is 5.19. The van der Waals surface area contributed by atoms with Crippen LogP contribution in [0.4, 0.5) is 18.9 Å². The van der Waals surface area contributed by atoms with Crippen LogP contribution in [0.1, 0.15) is 0 Å². The minimum atomic E-state index is -4.66. The molecule has 0 bridgehead atoms. The van der Waals surface area contributed by atoms with E-state index in [1.54, 1.807) is 42.5 Å². The number of rotatable bonds is 3. The van der Waals surface area contributed by atoms with Crippen LogP contribution < -0.4 is 4.74 Å². The number of para-hydroxylation sites is 1. The fourth-order valence-electron chi connectivity index (χ4n) is 1.75. The van der Waals surface area contributed by atoms with E-state index in [0.717, 1.165) is 5.56 Å². The minimum absolute atomic E-state index is 0.157. The second kappa shape index (κ2) is 6.18. The average Bonchev–Trinajstić information content (AvgIpc) is 2.47. The van der Waals surface area contributed by atoms with Crippen molar-refractivity contribution in [2.45, 2.75) is 6.18 Å². The third-order valence-corrected chi connectivity index (χ3v) is 3.06. The van der Waals surface area contributed by atoms with E-state index < -0.39 is 11.3 Å². The molecule has 0 unspecified atom stereocenters. The zero-order chi connectivity index (χ0) is 15.5. The van der Waals surface area contributed by atoms with Crippen LogP contribution in [0.2, 0.25) is 0 Å². The zero-order valence-corrected chi connectivity index (χ0v) is 11.7. The number of halogens is 4. The van der Waals surface area contributed by atoms with Gasteiger partial charge in [-0.25, -0.2) is 4.99 Å². The first-order valence-electron chi connectivity index (χ1n) is 5.96. The zero-order valence-electron chi connectivity index (χ0n) is 11.0. The van der Waals surface area contributed by atoms with Crippen molar-refractivity contribution in [1.82, 2.24) is 0 Å². The number of nitrogens with zero attached hydrogens (tertiary/aromatic N) is 1. The first kappa shape index (κ1) is 15.4. The van der Waals surface area contributed by atoms with Crippen molar-refractivity contribution >= 4 is 22.5 Å². The van der Waals surface area contributed by atoms with Gasteiger partial charge in [-0.1, -0.05) is 41.9 Å². The Kier molecular flexibility index (Phi) is 4.53. The van der Waals surface area contributed by atoms with Gasteiger partial charge in [-0.05, 0) is 23.8 Å². The standard InChI is InChI=1S/C15H11ClF3NO/c1-21-11-8-6-10(7-9-11)12-4-2-3-5-13(12)20-14(16)15(17,18)19/h2-9H,1H3. The van der Waals surface area contributed by atoms with Crippen molar-refractivity contribution in [2.75, 3.05) is 7.11 Å². The molecule has 21 heavy (non-hydrogen) atoms. The summed E-state index contributed by atoms with van der Waals surface area (Å²) in [4.78, 5) is 3.48. The smallest absolute Gasteiger partial charge is 0.444 e. The van der Waals surface area contributed by atoms with Gasteiger partial charge in [-0.2, -0.15) is 13.2 Å². The largest absolute Gasteiger partial charge is 0.497 e. The normalized spacial score (nSPS) is 12.3. The second-order valence-corrected chi connectivity index (χ2v) is 4.50. The van der Waals surface area contributed by atoms with Crippen molar-refractivity contribution < 1.29 is 17.9 Å². The fraction of sp³-hybridized carbons (Fsp3) is 0.133. The molecular weight excluding hydrogens is 303 g/mol. The lowest BCUT2D eigenvalue weighted by Crippen LogP contribution is -2.16. The van der Waals surface area contributed by atoms with Crippen LogP contribution in [0.25, 0.3) is 11.1 Å². The summed E-state index contributed by atoms with van der Waals surface area (Å²) in [5, 5.41) is -1.40. The molecule has 2 nitrogen and oxygen atoms in total. The van der Waals surface area contributed by atoms with Gasteiger partial charge < -0.3 is 4.74 Å². The molecule has 0 aliphatic rings. The van der Waals surface area contributed by atoms with Gasteiger partial charge in [0.2, 0.25) is 5.17 Å². The van der Waals surface area contributed by atoms with Gasteiger partial charge in [0, 0.05) is 5.56 Å². The molecule has 2 aromatic carbocycles. The molecule has 2 aromatic rings. The lowest BCUT2D eigenvalue weighted by molar-refractivity contribution is -0.0558. The third kappa shape index (κ3) is 3.76. The molecule has 0 atom stereocenters. The quantitative estimate of drug-likeness (QED) is 0.714. The van der Waals surface area contributed by atoms with Gasteiger partial charge in [0.25, 0.3) is 0 Å². The number of alkyl halides is 3. The Morgan fingerprint density at radius 3 is 2.24 bits per heavy atom. The Hall–Kier alpha value is -2.01. The molecule has 0 saturated heterocycles. The lowest BCUT2D eigenvalue weighted by atomic mass is 10.0. The highest BCUT2D eigenvalue weighted by Crippen LogP contribution is 2.33. The topological polar surface area (TPSA) is 21.6 Å². The summed E-state index contributed by atoms with van der Waals surface area (Å²) < 4.78 is 42.5. The van der Waals surface area contributed by atoms with Crippen molar-refractivity contribution in [3.63, 3.8) is 0 Å². The van der Waals surface area contributed by atoms with E-state index in [0.29, 0.717) is 11.3 Å². The Labute approximate surface area is 124 Å². The molecule has 0 radical (unpaired) electrons. The van der Waals surface area contributed by atoms with Crippen LogP contribution >= 0.6 is 11.6 Å². The van der Waals surface area contributed by atoms with E-state index in [4.69, 9.17) is 16.3 Å². The summed E-state index contributed by atoms with van der Waals surface area (Å²) >= 11 is 5.20. The van der Waals surface area contributed by atoms with E-state index in [2.05, 4.69) is 4.99 Å². The summed E-state index contributed by atoms with van der Waals surface area (Å²) in [6, 6.07) is 13.4. The van der Waals surface area contributed by atoms with Crippen LogP contribution in [-0.2, 0) is 0 Å². The summed E-state index contributed by atoms with van der Waals surface area (Å²) in [5.41, 5.74) is 1.44. The van der Waals surface area contributed by atoms with Crippen molar-refractivity contribution in [2.24, 2.45) is 4.99 Å². The lowest BCUT2D eigenvalue weighted by Gasteiger charge is -2.08. The number of hydrogen-bond donors (Lipinski definition) is 0. The van der Waals surface area contributed by atoms with E-state index in [-0.39, 0.29) is 5.69 Å². The van der Waals surface area contributed by atoms with Crippen molar-refractivity contribution in [3.05, 3.63) is 48.5 Å². The van der Waals surface area contributed by atoms with E-state index >= 15 is 0 Å². The Balaban J connectivity index is 2.45. The molecule has 6 heteroatoms. The van der Waals surface area contributed by atoms with Gasteiger partial charge in [0.1, 0.15) is 5.75 Å². The molecule has 110 valence electrons. The molecule has 0 spiro atoms. The molecule has 0 N–H and O–H groups in total. The van der Waals surface area contributed by atoms with Crippen LogP contribution in [0, 0.1) is 0 Å². The summed E-state index contributed by atoms with van der Waals surface area (Å²) in [7, 11) is 1.54. The van der Waals surface area contributed by atoms with Gasteiger partial charge >= 0.3 is 6.18 Å². The third-order valence-electron chi connectivity index (χ3n) is 2.76. The van der Waals surface area contributed by atoms with Crippen molar-refractivity contribution in [1.29, 1.82) is 0 Å². The number of aliphatic imine (C=N–C) groups is 1. The minimum Gasteiger partial charge on any atom is -0.497 e. The van der Waals surface area contributed by atoms with Crippen LogP contribution in [0.3, 0.4) is 0 Å².